The Morgan fingerprint density at radius 1 is 0.808 bits per heavy atom. The zero-order chi connectivity index (χ0) is 57.6. The number of amides is 7. The summed E-state index contributed by atoms with van der Waals surface area (Å²) in [5, 5.41) is 55.7. The van der Waals surface area contributed by atoms with Crippen molar-refractivity contribution in [2.24, 2.45) is 23.3 Å². The molecule has 0 radical (unpaired) electrons. The van der Waals surface area contributed by atoms with Crippen LogP contribution < -0.4 is 48.7 Å². The molecule has 2 aromatic carbocycles. The lowest BCUT2D eigenvalue weighted by Gasteiger charge is -2.32. The first kappa shape index (κ1) is 63.1. The molecule has 1 fully saturated rings. The second-order valence-electron chi connectivity index (χ2n) is 19.3. The van der Waals surface area contributed by atoms with Crippen molar-refractivity contribution in [1.82, 2.24) is 52.1 Å². The van der Waals surface area contributed by atoms with Gasteiger partial charge >= 0.3 is 11.9 Å². The van der Waals surface area contributed by atoms with Crippen LogP contribution >= 0.6 is 23.4 Å². The lowest BCUT2D eigenvalue weighted by molar-refractivity contribution is -0.144. The molecule has 9 atom stereocenters. The Kier molecular flexibility index (Phi) is 25.1. The van der Waals surface area contributed by atoms with Gasteiger partial charge in [-0.05, 0) is 72.9 Å². The van der Waals surface area contributed by atoms with Gasteiger partial charge in [-0.25, -0.2) is 9.78 Å². The molecule has 4 rings (SSSR count). The van der Waals surface area contributed by atoms with Crippen LogP contribution in [0.1, 0.15) is 83.0 Å². The van der Waals surface area contributed by atoms with Crippen molar-refractivity contribution in [1.29, 1.82) is 5.41 Å². The van der Waals surface area contributed by atoms with Gasteiger partial charge in [-0.15, -0.1) is 0 Å². The Morgan fingerprint density at radius 2 is 1.42 bits per heavy atom. The summed E-state index contributed by atoms with van der Waals surface area (Å²) in [4.78, 5) is 131. The van der Waals surface area contributed by atoms with Gasteiger partial charge in [0.1, 0.15) is 48.0 Å². The Hall–Kier alpha value is -7.45. The highest BCUT2D eigenvalue weighted by Gasteiger charge is 2.41. The smallest absolute Gasteiger partial charge is 0.327 e. The lowest BCUT2D eigenvalue weighted by Crippen LogP contribution is -2.62. The topological polar surface area (TPSA) is 406 Å². The highest BCUT2D eigenvalue weighted by atomic mass is 35.5. The number of aliphatic carboxylic acids is 2. The SMILES string of the molecule is CC[C@H](C)[C@H](NC(=O)[C@H](Cc1ccc(O)cc1)NC(=O)[C@@H](NC(=O)[C@H](CCCNC(=N)N)NC(=O)[C@@H](N)CC(=O)O)C(C)C)C(=O)N[C@@H](Cc1c[nH]cn1)C(=O)N1CCC[C@H]1C(=O)N[C@@H](CSCc1ccc(Cl)cc1)C(=O)O. The van der Waals surface area contributed by atoms with Crippen molar-refractivity contribution in [3.05, 3.63) is 82.9 Å². The number of carbonyl (C=O) groups is 9. The van der Waals surface area contributed by atoms with E-state index in [0.29, 0.717) is 34.9 Å². The third-order valence-electron chi connectivity index (χ3n) is 12.9. The van der Waals surface area contributed by atoms with Crippen molar-refractivity contribution in [2.45, 2.75) is 133 Å². The van der Waals surface area contributed by atoms with E-state index >= 15 is 0 Å². The number of carboxylic acids is 2. The molecule has 1 aliphatic rings. The molecule has 2 heterocycles. The Labute approximate surface area is 460 Å². The number of halogens is 1. The Balaban J connectivity index is 1.56. The van der Waals surface area contributed by atoms with E-state index in [1.807, 2.05) is 12.1 Å². The van der Waals surface area contributed by atoms with Crippen LogP contribution in [0.4, 0.5) is 0 Å². The Morgan fingerprint density at radius 3 is 2.03 bits per heavy atom. The van der Waals surface area contributed by atoms with Gasteiger partial charge in [0.15, 0.2) is 5.96 Å². The van der Waals surface area contributed by atoms with Crippen LogP contribution in [0.25, 0.3) is 0 Å². The predicted molar refractivity (Wildman–Crippen MR) is 289 cm³/mol. The number of thioether (sulfide) groups is 1. The molecule has 0 aliphatic carbocycles. The number of H-pyrrole nitrogens is 1. The fourth-order valence-corrected chi connectivity index (χ4v) is 9.47. The number of nitrogens with zero attached hydrogens (tertiary/aromatic N) is 2. The molecule has 3 aromatic rings. The number of carboxylic acid groups (broad SMARTS) is 2. The molecule has 0 bridgehead atoms. The average molecular weight is 1130 g/mol. The molecule has 7 amide bonds. The summed E-state index contributed by atoms with van der Waals surface area (Å²) in [5.74, 6) is -9.37. The van der Waals surface area contributed by atoms with Gasteiger partial charge in [-0.2, -0.15) is 11.8 Å². The van der Waals surface area contributed by atoms with Crippen LogP contribution in [0.5, 0.6) is 5.75 Å². The molecule has 426 valence electrons. The molecule has 0 unspecified atom stereocenters. The van der Waals surface area contributed by atoms with Crippen molar-refractivity contribution < 1.29 is 58.5 Å². The number of carbonyl (C=O) groups excluding carboxylic acids is 7. The van der Waals surface area contributed by atoms with Crippen molar-refractivity contribution in [2.75, 3.05) is 18.8 Å². The van der Waals surface area contributed by atoms with Crippen LogP contribution in [0.15, 0.2) is 61.1 Å². The van der Waals surface area contributed by atoms with E-state index in [0.717, 1.165) is 5.56 Å². The Bertz CT molecular complexity index is 2540. The number of imidazole rings is 1. The molecule has 25 nitrogen and oxygen atoms in total. The minimum absolute atomic E-state index is 0.0262. The number of benzene rings is 2. The summed E-state index contributed by atoms with van der Waals surface area (Å²) in [5.41, 5.74) is 12.9. The first-order chi connectivity index (χ1) is 37.0. The number of hydrogen-bond acceptors (Lipinski definition) is 14. The van der Waals surface area contributed by atoms with Gasteiger partial charge in [-0.1, -0.05) is 70.0 Å². The van der Waals surface area contributed by atoms with E-state index in [1.165, 1.54) is 53.5 Å². The number of nitrogens with two attached hydrogens (primary N) is 2. The fourth-order valence-electron chi connectivity index (χ4n) is 8.34. The molecule has 1 aromatic heterocycles. The zero-order valence-electron chi connectivity index (χ0n) is 43.9. The number of hydrogen-bond donors (Lipinski definition) is 14. The van der Waals surface area contributed by atoms with Gasteiger partial charge in [-0.3, -0.25) is 43.8 Å². The second-order valence-corrected chi connectivity index (χ2v) is 20.8. The van der Waals surface area contributed by atoms with Crippen LogP contribution in [-0.4, -0.2) is 157 Å². The second kappa shape index (κ2) is 31.1. The van der Waals surface area contributed by atoms with Crippen molar-refractivity contribution in [3.8, 4) is 5.75 Å². The number of aromatic amines is 1. The summed E-state index contributed by atoms with van der Waals surface area (Å²) in [6, 6.07) is 2.20. The number of phenols is 1. The van der Waals surface area contributed by atoms with Crippen LogP contribution in [0.3, 0.4) is 0 Å². The van der Waals surface area contributed by atoms with Gasteiger partial charge in [0.05, 0.1) is 24.5 Å². The number of rotatable bonds is 31. The normalized spacial score (nSPS) is 16.2. The highest BCUT2D eigenvalue weighted by Crippen LogP contribution is 2.22. The van der Waals surface area contributed by atoms with Crippen LogP contribution in [0.2, 0.25) is 5.02 Å². The fraction of sp³-hybridized carbons (Fsp3) is 0.510. The molecule has 1 saturated heterocycles. The van der Waals surface area contributed by atoms with Crippen molar-refractivity contribution in [3.63, 3.8) is 0 Å². The number of phenolic OH excluding ortho intramolecular Hbond substituents is 1. The number of aromatic nitrogens is 2. The third-order valence-corrected chi connectivity index (χ3v) is 14.3. The van der Waals surface area contributed by atoms with Crippen molar-refractivity contribution >= 4 is 82.6 Å². The van der Waals surface area contributed by atoms with Crippen LogP contribution in [-0.2, 0) is 61.7 Å². The first-order valence-corrected chi connectivity index (χ1v) is 27.0. The number of likely N-dealkylation sites (tertiary alicyclic amines) is 1. The predicted octanol–water partition coefficient (Wildman–Crippen LogP) is 0.239. The molecule has 0 saturated carbocycles. The molecule has 78 heavy (non-hydrogen) atoms. The molecule has 1 aliphatic heterocycles. The molecular formula is C51H72ClN13O12S. The summed E-state index contributed by atoms with van der Waals surface area (Å²) < 4.78 is 0. The average Bonchev–Trinajstić information content (AvgIpc) is 4.11. The first-order valence-electron chi connectivity index (χ1n) is 25.5. The summed E-state index contributed by atoms with van der Waals surface area (Å²) in [6.07, 6.45) is 2.93. The summed E-state index contributed by atoms with van der Waals surface area (Å²) in [6.45, 7) is 6.94. The summed E-state index contributed by atoms with van der Waals surface area (Å²) >= 11 is 7.28. The minimum atomic E-state index is -1.52. The molecule has 16 N–H and O–H groups in total. The maximum Gasteiger partial charge on any atom is 0.327 e. The molecule has 27 heteroatoms. The third kappa shape index (κ3) is 20.2. The standard InChI is InChI=1S/C51H72ClN13O12S/c1-5-28(4)42(48(74)61-37(21-32-23-56-26-58-32)49(75)65-19-7-9-39(65)46(72)62-38(50(76)77)25-78-24-30-10-14-31(52)15-11-30)64-45(71)36(20-29-12-16-33(66)17-13-29)60-47(73)41(27(2)3)63-44(70)35(8-6-18-57-51(54)55)59-43(69)34(53)22-40(67)68/h10-17,23,26-28,34-39,41-42,66H,5-9,18-22,24-25,53H2,1-4H3,(H,56,58)(H,59,69)(H,60,73)(H,61,74)(H,62,72)(H,63,70)(H,64,71)(H,67,68)(H,76,77)(H4,54,55,57)/t28-,34-,35-,36-,37-,38-,39-,41-,42-/m0/s1. The van der Waals surface area contributed by atoms with Crippen LogP contribution in [0, 0.1) is 17.2 Å². The largest absolute Gasteiger partial charge is 0.508 e. The quantitative estimate of drug-likeness (QED) is 0.0233. The number of aromatic hydroxyl groups is 1. The number of guanidine groups is 1. The molecule has 0 spiro atoms. The van der Waals surface area contributed by atoms with E-state index in [9.17, 15) is 58.5 Å². The van der Waals surface area contributed by atoms with Gasteiger partial charge in [0, 0.05) is 48.7 Å². The number of nitrogens with one attached hydrogen (secondary N) is 9. The van der Waals surface area contributed by atoms with E-state index in [4.69, 9.17) is 28.5 Å². The minimum Gasteiger partial charge on any atom is -0.508 e. The summed E-state index contributed by atoms with van der Waals surface area (Å²) in [7, 11) is 0. The van der Waals surface area contributed by atoms with Gasteiger partial charge in [0.2, 0.25) is 41.4 Å². The zero-order valence-corrected chi connectivity index (χ0v) is 45.5. The maximum absolute atomic E-state index is 14.6. The van der Waals surface area contributed by atoms with E-state index in [1.54, 1.807) is 39.8 Å². The lowest BCUT2D eigenvalue weighted by atomic mass is 9.96. The van der Waals surface area contributed by atoms with E-state index < -0.39 is 120 Å². The van der Waals surface area contributed by atoms with E-state index in [-0.39, 0.29) is 62.7 Å². The maximum atomic E-state index is 14.6. The van der Waals surface area contributed by atoms with Gasteiger partial charge < -0.3 is 73.9 Å². The monoisotopic (exact) mass is 1130 g/mol. The van der Waals surface area contributed by atoms with E-state index in [2.05, 4.69) is 47.2 Å². The van der Waals surface area contributed by atoms with Gasteiger partial charge in [0.25, 0.3) is 0 Å². The molecular weight excluding hydrogens is 1050 g/mol. The highest BCUT2D eigenvalue weighted by molar-refractivity contribution is 7.98.